The molecule has 3 N–H and O–H groups in total. The van der Waals surface area contributed by atoms with E-state index in [0.717, 1.165) is 36.6 Å². The van der Waals surface area contributed by atoms with Crippen molar-refractivity contribution in [2.45, 2.75) is 45.3 Å². The normalized spacial score (nSPS) is 16.7. The summed E-state index contributed by atoms with van der Waals surface area (Å²) in [6.45, 7) is 7.75. The first kappa shape index (κ1) is 23.9. The zero-order valence-electron chi connectivity index (χ0n) is 17.2. The van der Waals surface area contributed by atoms with Gasteiger partial charge in [0.25, 0.3) is 0 Å². The van der Waals surface area contributed by atoms with Gasteiger partial charge in [0.15, 0.2) is 5.96 Å². The highest BCUT2D eigenvalue weighted by Gasteiger charge is 2.23. The van der Waals surface area contributed by atoms with Crippen molar-refractivity contribution in [3.8, 4) is 0 Å². The van der Waals surface area contributed by atoms with Crippen LogP contribution >= 0.6 is 35.3 Å². The molecular weight excluding hydrogens is 497 g/mol. The van der Waals surface area contributed by atoms with Gasteiger partial charge in [-0.15, -0.1) is 24.0 Å². The zero-order valence-corrected chi connectivity index (χ0v) is 20.4. The van der Waals surface area contributed by atoms with Gasteiger partial charge >= 0.3 is 0 Å². The number of aliphatic hydroxyl groups is 1. The number of thiophene rings is 1. The Labute approximate surface area is 194 Å². The van der Waals surface area contributed by atoms with Crippen molar-refractivity contribution in [2.75, 3.05) is 31.1 Å². The molecule has 6 nitrogen and oxygen atoms in total. The number of rotatable bonds is 7. The minimum absolute atomic E-state index is 0. The first-order valence-corrected chi connectivity index (χ1v) is 11.0. The van der Waals surface area contributed by atoms with Crippen LogP contribution in [0.5, 0.6) is 0 Å². The van der Waals surface area contributed by atoms with Gasteiger partial charge in [0, 0.05) is 25.8 Å². The van der Waals surface area contributed by atoms with Crippen molar-refractivity contribution >= 4 is 47.1 Å². The SMILES string of the molecule is CCNC(=NCc1ccnc(N2CCCCC2)c1)NCC(C)(O)c1ccsc1.I. The Morgan fingerprint density at radius 3 is 2.76 bits per heavy atom. The van der Waals surface area contributed by atoms with Crippen LogP contribution in [0, 0.1) is 0 Å². The van der Waals surface area contributed by atoms with E-state index in [9.17, 15) is 5.11 Å². The second-order valence-electron chi connectivity index (χ2n) is 7.40. The van der Waals surface area contributed by atoms with Gasteiger partial charge in [-0.3, -0.25) is 0 Å². The van der Waals surface area contributed by atoms with Gasteiger partial charge in [-0.2, -0.15) is 11.3 Å². The van der Waals surface area contributed by atoms with Crippen LogP contribution in [0.3, 0.4) is 0 Å². The van der Waals surface area contributed by atoms with E-state index in [2.05, 4.69) is 26.6 Å². The third-order valence-corrected chi connectivity index (χ3v) is 5.68. The number of hydrogen-bond acceptors (Lipinski definition) is 5. The molecule has 1 saturated heterocycles. The minimum Gasteiger partial charge on any atom is -0.384 e. The van der Waals surface area contributed by atoms with Crippen molar-refractivity contribution in [3.05, 3.63) is 46.3 Å². The topological polar surface area (TPSA) is 72.8 Å². The number of aliphatic imine (C=N–C) groups is 1. The maximum absolute atomic E-state index is 10.7. The fourth-order valence-corrected chi connectivity index (χ4v) is 4.08. The third kappa shape index (κ3) is 7.11. The Balaban J connectivity index is 0.00000300. The molecule has 1 atom stereocenters. The number of anilines is 1. The Kier molecular flexibility index (Phi) is 9.64. The maximum Gasteiger partial charge on any atom is 0.191 e. The van der Waals surface area contributed by atoms with Crippen LogP contribution in [0.4, 0.5) is 5.82 Å². The van der Waals surface area contributed by atoms with Crippen molar-refractivity contribution in [1.29, 1.82) is 0 Å². The van der Waals surface area contributed by atoms with Crippen molar-refractivity contribution in [1.82, 2.24) is 15.6 Å². The number of halogens is 1. The van der Waals surface area contributed by atoms with Crippen LogP contribution in [0.2, 0.25) is 0 Å². The highest BCUT2D eigenvalue weighted by Crippen LogP contribution is 2.22. The minimum atomic E-state index is -0.936. The number of pyridine rings is 1. The van der Waals surface area contributed by atoms with Crippen molar-refractivity contribution in [3.63, 3.8) is 0 Å². The van der Waals surface area contributed by atoms with Gasteiger partial charge in [0.05, 0.1) is 13.1 Å². The molecule has 0 aromatic carbocycles. The lowest BCUT2D eigenvalue weighted by molar-refractivity contribution is 0.0621. The fraction of sp³-hybridized carbons (Fsp3) is 0.524. The Morgan fingerprint density at radius 1 is 1.28 bits per heavy atom. The van der Waals surface area contributed by atoms with Gasteiger partial charge in [-0.05, 0) is 73.2 Å². The van der Waals surface area contributed by atoms with Crippen LogP contribution in [-0.2, 0) is 12.1 Å². The maximum atomic E-state index is 10.7. The molecule has 2 aromatic heterocycles. The predicted octanol–water partition coefficient (Wildman–Crippen LogP) is 3.71. The first-order valence-electron chi connectivity index (χ1n) is 10.1. The summed E-state index contributed by atoms with van der Waals surface area (Å²) < 4.78 is 0. The summed E-state index contributed by atoms with van der Waals surface area (Å²) in [5, 5.41) is 21.2. The summed E-state index contributed by atoms with van der Waals surface area (Å²) in [5.41, 5.74) is 1.12. The lowest BCUT2D eigenvalue weighted by Crippen LogP contribution is -2.44. The Hall–Kier alpha value is -1.39. The Morgan fingerprint density at radius 2 is 2.07 bits per heavy atom. The second-order valence-corrected chi connectivity index (χ2v) is 8.18. The lowest BCUT2D eigenvalue weighted by Gasteiger charge is -2.27. The van der Waals surface area contributed by atoms with E-state index < -0.39 is 5.60 Å². The molecule has 0 spiro atoms. The van der Waals surface area contributed by atoms with E-state index in [4.69, 9.17) is 4.99 Å². The summed E-state index contributed by atoms with van der Waals surface area (Å²) in [7, 11) is 0. The number of aromatic nitrogens is 1. The lowest BCUT2D eigenvalue weighted by atomic mass is 9.99. The van der Waals surface area contributed by atoms with Gasteiger partial charge in [-0.1, -0.05) is 0 Å². The number of nitrogens with one attached hydrogen (secondary N) is 2. The molecule has 0 aliphatic carbocycles. The number of hydrogen-bond donors (Lipinski definition) is 3. The molecule has 0 bridgehead atoms. The predicted molar refractivity (Wildman–Crippen MR) is 132 cm³/mol. The zero-order chi connectivity index (χ0) is 19.8. The van der Waals surface area contributed by atoms with Gasteiger partial charge in [0.1, 0.15) is 11.4 Å². The summed E-state index contributed by atoms with van der Waals surface area (Å²) in [5.74, 6) is 1.75. The smallest absolute Gasteiger partial charge is 0.191 e. The van der Waals surface area contributed by atoms with E-state index in [0.29, 0.717) is 19.0 Å². The van der Waals surface area contributed by atoms with Crippen LogP contribution in [0.1, 0.15) is 44.2 Å². The summed E-state index contributed by atoms with van der Waals surface area (Å²) in [6.07, 6.45) is 5.66. The number of guanidine groups is 1. The van der Waals surface area contributed by atoms with E-state index in [1.807, 2.05) is 42.9 Å². The van der Waals surface area contributed by atoms with E-state index >= 15 is 0 Å². The quantitative estimate of drug-likeness (QED) is 0.290. The molecule has 29 heavy (non-hydrogen) atoms. The highest BCUT2D eigenvalue weighted by molar-refractivity contribution is 14.0. The molecule has 0 radical (unpaired) electrons. The molecule has 160 valence electrons. The molecule has 0 amide bonds. The van der Waals surface area contributed by atoms with Crippen molar-refractivity contribution < 1.29 is 5.11 Å². The molecule has 1 fully saturated rings. The molecular formula is C21H32IN5OS. The average Bonchev–Trinajstić information content (AvgIpc) is 3.27. The number of nitrogens with zero attached hydrogens (tertiary/aromatic N) is 3. The van der Waals surface area contributed by atoms with E-state index in [1.165, 1.54) is 19.3 Å². The monoisotopic (exact) mass is 529 g/mol. The fourth-order valence-electron chi connectivity index (χ4n) is 3.30. The number of piperidine rings is 1. The largest absolute Gasteiger partial charge is 0.384 e. The molecule has 1 unspecified atom stereocenters. The van der Waals surface area contributed by atoms with Gasteiger partial charge in [-0.25, -0.2) is 9.98 Å². The summed E-state index contributed by atoms with van der Waals surface area (Å²) in [4.78, 5) is 11.6. The molecule has 1 aliphatic heterocycles. The van der Waals surface area contributed by atoms with Crippen LogP contribution < -0.4 is 15.5 Å². The van der Waals surface area contributed by atoms with Crippen molar-refractivity contribution in [2.24, 2.45) is 4.99 Å². The average molecular weight is 529 g/mol. The highest BCUT2D eigenvalue weighted by atomic mass is 127. The molecule has 3 heterocycles. The van der Waals surface area contributed by atoms with Gasteiger partial charge in [0.2, 0.25) is 0 Å². The first-order chi connectivity index (χ1) is 13.6. The van der Waals surface area contributed by atoms with Crippen LogP contribution in [0.25, 0.3) is 0 Å². The summed E-state index contributed by atoms with van der Waals surface area (Å²) >= 11 is 1.59. The summed E-state index contributed by atoms with van der Waals surface area (Å²) in [6, 6.07) is 6.11. The van der Waals surface area contributed by atoms with E-state index in [-0.39, 0.29) is 24.0 Å². The Bertz CT molecular complexity index is 760. The standard InChI is InChI=1S/C21H31N5OS.HI/c1-3-22-20(25-16-21(2,27)18-8-12-28-15-18)24-14-17-7-9-23-19(13-17)26-10-5-4-6-11-26;/h7-9,12-13,15,27H,3-6,10-11,14,16H2,1-2H3,(H2,22,24,25);1H. The van der Waals surface area contributed by atoms with Gasteiger partial charge < -0.3 is 20.6 Å². The molecule has 0 saturated carbocycles. The van der Waals surface area contributed by atoms with Crippen LogP contribution in [-0.4, -0.2) is 42.2 Å². The molecule has 1 aliphatic rings. The second kappa shape index (κ2) is 11.7. The third-order valence-electron chi connectivity index (χ3n) is 5.00. The van der Waals surface area contributed by atoms with Crippen LogP contribution in [0.15, 0.2) is 40.1 Å². The molecule has 3 rings (SSSR count). The molecule has 2 aromatic rings. The molecule has 8 heteroatoms. The van der Waals surface area contributed by atoms with E-state index in [1.54, 1.807) is 11.3 Å².